The van der Waals surface area contributed by atoms with E-state index in [0.29, 0.717) is 27.0 Å². The van der Waals surface area contributed by atoms with Crippen molar-refractivity contribution in [2.75, 3.05) is 7.11 Å². The van der Waals surface area contributed by atoms with E-state index in [1.807, 2.05) is 0 Å². The molecule has 0 N–H and O–H groups in total. The summed E-state index contributed by atoms with van der Waals surface area (Å²) in [5.41, 5.74) is 0.982. The van der Waals surface area contributed by atoms with Gasteiger partial charge in [0.25, 0.3) is 0 Å². The summed E-state index contributed by atoms with van der Waals surface area (Å²) in [6, 6.07) is 13.4. The summed E-state index contributed by atoms with van der Waals surface area (Å²) in [6.07, 6.45) is 0. The Morgan fingerprint density at radius 1 is 1.06 bits per heavy atom. The zero-order valence-corrected chi connectivity index (χ0v) is 10.5. The molecule has 0 fully saturated rings. The normalized spacial score (nSPS) is 11.3. The van der Waals surface area contributed by atoms with Crippen molar-refractivity contribution in [1.29, 1.82) is 0 Å². The van der Waals surface area contributed by atoms with Crippen LogP contribution in [-0.2, 0) is 0 Å². The second-order valence-electron chi connectivity index (χ2n) is 3.55. The van der Waals surface area contributed by atoms with E-state index in [1.165, 1.54) is 0 Å². The van der Waals surface area contributed by atoms with E-state index in [-0.39, 0.29) is 0 Å². The summed E-state index contributed by atoms with van der Waals surface area (Å²) in [5, 5.41) is 16.3. The Balaban J connectivity index is 2.23. The highest BCUT2D eigenvalue weighted by Gasteiger charge is 2.04. The minimum atomic E-state index is 0.436. The number of ether oxygens (including phenoxy) is 1. The SMILES string of the molecule is COc1ccc([N+]([O-])=Nc2ccc(Cl)cc2)cc1. The van der Waals surface area contributed by atoms with Gasteiger partial charge in [0, 0.05) is 22.3 Å². The largest absolute Gasteiger partial charge is 0.594 e. The fourth-order valence-corrected chi connectivity index (χ4v) is 1.51. The zero-order valence-electron chi connectivity index (χ0n) is 9.71. The fourth-order valence-electron chi connectivity index (χ4n) is 1.38. The quantitative estimate of drug-likeness (QED) is 0.471. The highest BCUT2D eigenvalue weighted by atomic mass is 35.5. The summed E-state index contributed by atoms with van der Waals surface area (Å²) in [4.78, 5) is 0.558. The number of methoxy groups -OCH3 is 1. The van der Waals surface area contributed by atoms with Gasteiger partial charge in [-0.25, -0.2) is 0 Å². The molecule has 5 heteroatoms. The van der Waals surface area contributed by atoms with Crippen molar-refractivity contribution in [3.63, 3.8) is 0 Å². The van der Waals surface area contributed by atoms with Crippen LogP contribution < -0.4 is 4.74 Å². The van der Waals surface area contributed by atoms with Gasteiger partial charge in [0.1, 0.15) is 11.4 Å². The van der Waals surface area contributed by atoms with Crippen LogP contribution in [0, 0.1) is 5.21 Å². The minimum Gasteiger partial charge on any atom is -0.594 e. The van der Waals surface area contributed by atoms with Crippen LogP contribution in [0.4, 0.5) is 11.4 Å². The fraction of sp³-hybridized carbons (Fsp3) is 0.0769. The van der Waals surface area contributed by atoms with Crippen LogP contribution in [0.5, 0.6) is 5.75 Å². The predicted molar refractivity (Wildman–Crippen MR) is 69.8 cm³/mol. The first-order valence-corrected chi connectivity index (χ1v) is 5.65. The number of nitrogens with zero attached hydrogens (tertiary/aromatic N) is 2. The number of benzene rings is 2. The Morgan fingerprint density at radius 2 is 1.67 bits per heavy atom. The molecule has 0 spiro atoms. The minimum absolute atomic E-state index is 0.436. The Morgan fingerprint density at radius 3 is 2.22 bits per heavy atom. The lowest BCUT2D eigenvalue weighted by Crippen LogP contribution is -1.90. The number of halogens is 1. The van der Waals surface area contributed by atoms with Gasteiger partial charge in [-0.1, -0.05) is 16.5 Å². The van der Waals surface area contributed by atoms with Crippen molar-refractivity contribution in [3.05, 3.63) is 58.8 Å². The van der Waals surface area contributed by atoms with Gasteiger partial charge >= 0.3 is 0 Å². The maximum absolute atomic E-state index is 11.8. The van der Waals surface area contributed by atoms with Crippen LogP contribution in [0.15, 0.2) is 53.6 Å². The van der Waals surface area contributed by atoms with E-state index in [9.17, 15) is 5.21 Å². The van der Waals surface area contributed by atoms with E-state index < -0.39 is 0 Å². The topological polar surface area (TPSA) is 47.7 Å². The van der Waals surface area contributed by atoms with Gasteiger partial charge in [-0.15, -0.1) is 0 Å². The molecule has 0 atom stereocenters. The second-order valence-corrected chi connectivity index (χ2v) is 3.98. The molecule has 18 heavy (non-hydrogen) atoms. The molecule has 0 aliphatic heterocycles. The molecule has 2 rings (SSSR count). The molecule has 92 valence electrons. The number of hydrogen-bond donors (Lipinski definition) is 0. The average molecular weight is 263 g/mol. The monoisotopic (exact) mass is 262 g/mol. The first kappa shape index (κ1) is 12.4. The zero-order chi connectivity index (χ0) is 13.0. The molecular formula is C13H11ClN2O2. The third-order valence-electron chi connectivity index (χ3n) is 2.33. The third kappa shape index (κ3) is 2.99. The Hall–Kier alpha value is -2.07. The van der Waals surface area contributed by atoms with Crippen LogP contribution in [0.2, 0.25) is 5.02 Å². The Labute approximate surface area is 110 Å². The van der Waals surface area contributed by atoms with Crippen molar-refractivity contribution < 1.29 is 9.60 Å². The molecule has 0 aliphatic carbocycles. The van der Waals surface area contributed by atoms with Crippen molar-refractivity contribution >= 4 is 23.0 Å². The smallest absolute Gasteiger partial charge is 0.245 e. The number of azo groups is 1. The lowest BCUT2D eigenvalue weighted by Gasteiger charge is -2.01. The highest BCUT2D eigenvalue weighted by Crippen LogP contribution is 2.21. The number of rotatable bonds is 3. The second kappa shape index (κ2) is 5.51. The first-order chi connectivity index (χ1) is 8.69. The van der Waals surface area contributed by atoms with Crippen molar-refractivity contribution in [3.8, 4) is 5.75 Å². The van der Waals surface area contributed by atoms with E-state index in [4.69, 9.17) is 16.3 Å². The van der Waals surface area contributed by atoms with Crippen LogP contribution in [-0.4, -0.2) is 12.0 Å². The maximum Gasteiger partial charge on any atom is 0.245 e. The average Bonchev–Trinajstić information content (AvgIpc) is 2.41. The summed E-state index contributed by atoms with van der Waals surface area (Å²) < 4.78 is 5.01. The molecule has 0 unspecified atom stereocenters. The van der Waals surface area contributed by atoms with Gasteiger partial charge < -0.3 is 9.94 Å². The van der Waals surface area contributed by atoms with Crippen molar-refractivity contribution in [2.24, 2.45) is 5.11 Å². The van der Waals surface area contributed by atoms with Gasteiger partial charge in [-0.2, -0.15) is 0 Å². The lowest BCUT2D eigenvalue weighted by atomic mass is 10.3. The van der Waals surface area contributed by atoms with Crippen molar-refractivity contribution in [1.82, 2.24) is 0 Å². The molecule has 0 bridgehead atoms. The van der Waals surface area contributed by atoms with Gasteiger partial charge in [-0.05, 0) is 36.4 Å². The van der Waals surface area contributed by atoms with Gasteiger partial charge in [0.2, 0.25) is 5.69 Å². The van der Waals surface area contributed by atoms with Gasteiger partial charge in [0.15, 0.2) is 0 Å². The molecule has 2 aromatic carbocycles. The van der Waals surface area contributed by atoms with E-state index in [1.54, 1.807) is 55.6 Å². The molecule has 0 amide bonds. The molecule has 0 saturated heterocycles. The molecule has 4 nitrogen and oxygen atoms in total. The van der Waals surface area contributed by atoms with E-state index in [0.717, 1.165) is 0 Å². The van der Waals surface area contributed by atoms with E-state index >= 15 is 0 Å². The van der Waals surface area contributed by atoms with Crippen LogP contribution in [0.25, 0.3) is 0 Å². The molecule has 0 radical (unpaired) electrons. The molecule has 2 aromatic rings. The number of hydrogen-bond acceptors (Lipinski definition) is 3. The Bertz CT molecular complexity index is 550. The summed E-state index contributed by atoms with van der Waals surface area (Å²) in [6.45, 7) is 0. The van der Waals surface area contributed by atoms with E-state index in [2.05, 4.69) is 5.11 Å². The summed E-state index contributed by atoms with van der Waals surface area (Å²) in [5.74, 6) is 0.693. The van der Waals surface area contributed by atoms with Crippen LogP contribution in [0.1, 0.15) is 0 Å². The van der Waals surface area contributed by atoms with Crippen molar-refractivity contribution in [2.45, 2.75) is 0 Å². The first-order valence-electron chi connectivity index (χ1n) is 5.27. The molecular weight excluding hydrogens is 252 g/mol. The van der Waals surface area contributed by atoms with Gasteiger partial charge in [-0.3, -0.25) is 0 Å². The highest BCUT2D eigenvalue weighted by molar-refractivity contribution is 6.30. The van der Waals surface area contributed by atoms with Gasteiger partial charge in [0.05, 0.1) is 7.11 Å². The Kier molecular flexibility index (Phi) is 3.79. The summed E-state index contributed by atoms with van der Waals surface area (Å²) >= 11 is 5.75. The molecule has 0 aliphatic rings. The third-order valence-corrected chi connectivity index (χ3v) is 2.58. The molecule has 0 saturated carbocycles. The predicted octanol–water partition coefficient (Wildman–Crippen LogP) is 4.27. The lowest BCUT2D eigenvalue weighted by molar-refractivity contribution is -0.435. The van der Waals surface area contributed by atoms with Crippen LogP contribution >= 0.6 is 11.6 Å². The standard InChI is InChI=1S/C13H11ClN2O2/c1-18-13-8-6-12(7-9-13)16(17)15-11-4-2-10(14)3-5-11/h2-9H,1H3. The summed E-state index contributed by atoms with van der Waals surface area (Å²) in [7, 11) is 1.57. The molecule has 0 aromatic heterocycles. The molecule has 0 heterocycles. The van der Waals surface area contributed by atoms with Crippen LogP contribution in [0.3, 0.4) is 0 Å². The maximum atomic E-state index is 11.8.